The van der Waals surface area contributed by atoms with E-state index in [4.69, 9.17) is 19.3 Å². The number of aromatic amines is 1. The number of carboxylic acids is 1. The van der Waals surface area contributed by atoms with Crippen LogP contribution in [-0.4, -0.2) is 92.4 Å². The first-order valence-electron chi connectivity index (χ1n) is 11.2. The molecule has 2 N–H and O–H groups in total. The number of nitrogens with one attached hydrogen (secondary N) is 1. The average Bonchev–Trinajstić information content (AvgIpc) is 3.55. The molecule has 0 saturated carbocycles. The molecule has 0 amide bonds. The molecule has 0 bridgehead atoms. The van der Waals surface area contributed by atoms with Crippen LogP contribution < -0.4 is 0 Å². The van der Waals surface area contributed by atoms with E-state index in [0.29, 0.717) is 50.8 Å². The molecule has 14 nitrogen and oxygen atoms in total. The van der Waals surface area contributed by atoms with Gasteiger partial charge in [-0.05, 0) is 13.8 Å². The van der Waals surface area contributed by atoms with Crippen molar-refractivity contribution in [1.82, 2.24) is 29.8 Å². The van der Waals surface area contributed by atoms with Crippen molar-refractivity contribution in [2.45, 2.75) is 25.9 Å². The Morgan fingerprint density at radius 3 is 1.78 bits per heavy atom. The maximum atomic E-state index is 11.3. The minimum absolute atomic E-state index is 0.220. The van der Waals surface area contributed by atoms with Crippen molar-refractivity contribution in [3.05, 3.63) is 53.9 Å². The Hall–Kier alpha value is -4.04. The number of aromatic nitrogens is 6. The number of hydrogen-bond acceptors (Lipinski definition) is 10. The summed E-state index contributed by atoms with van der Waals surface area (Å²) in [7, 11) is 0. The topological polar surface area (TPSA) is 173 Å². The Morgan fingerprint density at radius 2 is 1.39 bits per heavy atom. The summed E-state index contributed by atoms with van der Waals surface area (Å²) in [6, 6.07) is 0.497. The Labute approximate surface area is 206 Å². The van der Waals surface area contributed by atoms with Crippen LogP contribution in [0.15, 0.2) is 37.2 Å². The predicted octanol–water partition coefficient (Wildman–Crippen LogP) is 1.37. The first-order chi connectivity index (χ1) is 17.4. The van der Waals surface area contributed by atoms with E-state index in [1.165, 1.54) is 31.0 Å². The molecule has 0 atom stereocenters. The molecule has 0 unspecified atom stereocenters. The Bertz CT molecular complexity index is 1120. The fourth-order valence-corrected chi connectivity index (χ4v) is 2.83. The summed E-state index contributed by atoms with van der Waals surface area (Å²) >= 11 is 0. The lowest BCUT2D eigenvalue weighted by molar-refractivity contribution is -0.0287. The second kappa shape index (κ2) is 13.2. The molecule has 5 heterocycles. The quantitative estimate of drug-likeness (QED) is 0.445. The van der Waals surface area contributed by atoms with Gasteiger partial charge in [0.2, 0.25) is 0 Å². The van der Waals surface area contributed by atoms with Gasteiger partial charge < -0.3 is 24.1 Å². The van der Waals surface area contributed by atoms with Crippen LogP contribution in [0.25, 0.3) is 0 Å². The molecule has 2 aliphatic rings. The zero-order chi connectivity index (χ0) is 25.9. The lowest BCUT2D eigenvalue weighted by Crippen LogP contribution is -2.30. The number of H-pyrrole nitrogens is 1. The van der Waals surface area contributed by atoms with E-state index in [1.54, 1.807) is 29.4 Å². The third-order valence-electron chi connectivity index (χ3n) is 4.96. The fraction of sp³-hybridized carbons (Fsp3) is 0.455. The van der Waals surface area contributed by atoms with Gasteiger partial charge in [-0.15, -0.1) is 0 Å². The highest BCUT2D eigenvalue weighted by atomic mass is 16.5. The molecule has 36 heavy (non-hydrogen) atoms. The van der Waals surface area contributed by atoms with Crippen LogP contribution in [0.2, 0.25) is 0 Å². The molecule has 3 aromatic rings. The van der Waals surface area contributed by atoms with E-state index in [-0.39, 0.29) is 29.6 Å². The largest absolute Gasteiger partial charge is 0.478 e. The predicted molar refractivity (Wildman–Crippen MR) is 122 cm³/mol. The van der Waals surface area contributed by atoms with Gasteiger partial charge in [0.25, 0.3) is 0 Å². The minimum Gasteiger partial charge on any atom is -0.478 e. The lowest BCUT2D eigenvalue weighted by atomic mass is 10.3. The third-order valence-corrected chi connectivity index (χ3v) is 4.96. The number of hydrogen-bond donors (Lipinski definition) is 2. The van der Waals surface area contributed by atoms with Crippen LogP contribution in [0.1, 0.15) is 57.0 Å². The molecule has 5 rings (SSSR count). The summed E-state index contributed by atoms with van der Waals surface area (Å²) in [6.07, 6.45) is 9.02. The lowest BCUT2D eigenvalue weighted by Gasteiger charge is -2.25. The van der Waals surface area contributed by atoms with Crippen molar-refractivity contribution in [1.29, 1.82) is 0 Å². The van der Waals surface area contributed by atoms with Gasteiger partial charge in [-0.2, -0.15) is 15.3 Å². The van der Waals surface area contributed by atoms with Gasteiger partial charge in [0.1, 0.15) is 0 Å². The van der Waals surface area contributed by atoms with Gasteiger partial charge in [0, 0.05) is 18.6 Å². The molecule has 0 radical (unpaired) electrons. The number of ether oxygens (including phenoxy) is 4. The highest BCUT2D eigenvalue weighted by molar-refractivity contribution is 5.89. The first kappa shape index (κ1) is 26.6. The smallest absolute Gasteiger partial charge is 0.341 e. The van der Waals surface area contributed by atoms with Crippen LogP contribution in [0.5, 0.6) is 0 Å². The number of nitrogens with zero attached hydrogens (tertiary/aromatic N) is 5. The van der Waals surface area contributed by atoms with Gasteiger partial charge in [0.15, 0.2) is 0 Å². The van der Waals surface area contributed by atoms with E-state index >= 15 is 0 Å². The van der Waals surface area contributed by atoms with Crippen LogP contribution in [-0.2, 0) is 18.9 Å². The molecule has 3 aromatic heterocycles. The molecule has 14 heteroatoms. The Balaban J connectivity index is 0.000000153. The number of aromatic carboxylic acids is 1. The Morgan fingerprint density at radius 1 is 0.889 bits per heavy atom. The summed E-state index contributed by atoms with van der Waals surface area (Å²) in [5.41, 5.74) is 1.18. The fourth-order valence-electron chi connectivity index (χ4n) is 2.83. The number of carboxylic acid groups (broad SMARTS) is 1. The maximum absolute atomic E-state index is 11.3. The van der Waals surface area contributed by atoms with Crippen molar-refractivity contribution >= 4 is 17.9 Å². The first-order valence-corrected chi connectivity index (χ1v) is 11.2. The molecule has 0 aliphatic carbocycles. The SMILES string of the molecule is CCOC(=O)c1cn[nH]c1.CCOC(=O)c1cnn(C2COC2)c1.O=C(O)c1cnn(C2COC2)c1. The third kappa shape index (κ3) is 7.23. The highest BCUT2D eigenvalue weighted by Gasteiger charge is 2.23. The van der Waals surface area contributed by atoms with Crippen molar-refractivity contribution < 1.29 is 38.4 Å². The molecule has 194 valence electrons. The molecule has 0 spiro atoms. The standard InChI is InChI=1S/C9H12N2O3.C7H8N2O3.C6H8N2O2/c1-2-14-9(12)7-3-10-11(4-7)8-5-13-6-8;10-7(11)5-1-8-9(2-5)6-3-12-4-6;1-2-10-6(9)5-3-7-8-4-5/h3-4,8H,2,5-6H2,1H3;1-2,6H,3-4H2,(H,10,11);3-4H,2H2,1H3,(H,7,8). The summed E-state index contributed by atoms with van der Waals surface area (Å²) in [6.45, 7) is 6.91. The minimum atomic E-state index is -0.943. The van der Waals surface area contributed by atoms with Crippen molar-refractivity contribution in [2.75, 3.05) is 39.6 Å². The van der Waals surface area contributed by atoms with Crippen LogP contribution in [0, 0.1) is 0 Å². The van der Waals surface area contributed by atoms with E-state index < -0.39 is 5.97 Å². The zero-order valence-electron chi connectivity index (χ0n) is 19.9. The normalized spacial score (nSPS) is 14.7. The van der Waals surface area contributed by atoms with Crippen molar-refractivity contribution in [2.24, 2.45) is 0 Å². The highest BCUT2D eigenvalue weighted by Crippen LogP contribution is 2.17. The van der Waals surface area contributed by atoms with Crippen LogP contribution >= 0.6 is 0 Å². The summed E-state index contributed by atoms with van der Waals surface area (Å²) in [4.78, 5) is 32.6. The van der Waals surface area contributed by atoms with Gasteiger partial charge in [0.05, 0.1) is 87.0 Å². The summed E-state index contributed by atoms with van der Waals surface area (Å²) in [5, 5.41) is 22.7. The van der Waals surface area contributed by atoms with E-state index in [2.05, 4.69) is 25.1 Å². The second-order valence-corrected chi connectivity index (χ2v) is 7.53. The average molecular weight is 505 g/mol. The molecule has 2 fully saturated rings. The van der Waals surface area contributed by atoms with Gasteiger partial charge in [-0.25, -0.2) is 14.4 Å². The van der Waals surface area contributed by atoms with Crippen LogP contribution in [0.4, 0.5) is 0 Å². The summed E-state index contributed by atoms with van der Waals surface area (Å²) < 4.78 is 22.9. The van der Waals surface area contributed by atoms with E-state index in [1.807, 2.05) is 0 Å². The molecular weight excluding hydrogens is 476 g/mol. The van der Waals surface area contributed by atoms with E-state index in [9.17, 15) is 14.4 Å². The van der Waals surface area contributed by atoms with E-state index in [0.717, 1.165) is 0 Å². The van der Waals surface area contributed by atoms with Gasteiger partial charge >= 0.3 is 17.9 Å². The van der Waals surface area contributed by atoms with Crippen molar-refractivity contribution in [3.8, 4) is 0 Å². The zero-order valence-corrected chi connectivity index (χ0v) is 19.9. The molecular formula is C22H28N6O8. The number of esters is 2. The summed E-state index contributed by atoms with van der Waals surface area (Å²) in [5.74, 6) is -1.60. The molecule has 2 aliphatic heterocycles. The number of carbonyl (C=O) groups is 3. The second-order valence-electron chi connectivity index (χ2n) is 7.53. The molecule has 2 saturated heterocycles. The number of carbonyl (C=O) groups excluding carboxylic acids is 2. The van der Waals surface area contributed by atoms with Gasteiger partial charge in [-0.1, -0.05) is 0 Å². The maximum Gasteiger partial charge on any atom is 0.341 e. The number of rotatable bonds is 7. The monoisotopic (exact) mass is 504 g/mol. The molecule has 0 aromatic carbocycles. The van der Waals surface area contributed by atoms with Gasteiger partial charge in [-0.3, -0.25) is 14.5 Å². The van der Waals surface area contributed by atoms with Crippen molar-refractivity contribution in [3.63, 3.8) is 0 Å². The van der Waals surface area contributed by atoms with Crippen LogP contribution in [0.3, 0.4) is 0 Å². The Kier molecular flexibility index (Phi) is 9.71.